The first kappa shape index (κ1) is 13.7. The zero-order chi connectivity index (χ0) is 13.7. The van der Waals surface area contributed by atoms with Gasteiger partial charge in [0.05, 0.1) is 11.4 Å². The van der Waals surface area contributed by atoms with Gasteiger partial charge in [-0.15, -0.1) is 0 Å². The zero-order valence-electron chi connectivity index (χ0n) is 11.8. The van der Waals surface area contributed by atoms with E-state index in [1.165, 1.54) is 5.69 Å². The third kappa shape index (κ3) is 3.64. The molecular weight excluding hydrogens is 242 g/mol. The number of hydrogen-bond acceptors (Lipinski definition) is 5. The number of aryl methyl sites for hydroxylation is 3. The molecule has 0 bridgehead atoms. The van der Waals surface area contributed by atoms with Crippen LogP contribution in [-0.4, -0.2) is 26.5 Å². The van der Waals surface area contributed by atoms with Crippen LogP contribution in [0.5, 0.6) is 0 Å². The Labute approximate surface area is 113 Å². The van der Waals surface area contributed by atoms with Crippen molar-refractivity contribution in [3.05, 3.63) is 29.2 Å². The van der Waals surface area contributed by atoms with Gasteiger partial charge in [0, 0.05) is 26.1 Å². The minimum Gasteiger partial charge on any atom is -0.339 e. The number of nitrogens with one attached hydrogen (secondary N) is 1. The second kappa shape index (κ2) is 6.47. The van der Waals surface area contributed by atoms with E-state index < -0.39 is 0 Å². The highest BCUT2D eigenvalue weighted by molar-refractivity contribution is 5.10. The highest BCUT2D eigenvalue weighted by atomic mass is 16.5. The van der Waals surface area contributed by atoms with Crippen molar-refractivity contribution in [1.82, 2.24) is 25.2 Å². The van der Waals surface area contributed by atoms with Crippen molar-refractivity contribution >= 4 is 0 Å². The van der Waals surface area contributed by atoms with Gasteiger partial charge in [-0.05, 0) is 26.3 Å². The van der Waals surface area contributed by atoms with Gasteiger partial charge in [0.25, 0.3) is 0 Å². The van der Waals surface area contributed by atoms with Gasteiger partial charge >= 0.3 is 0 Å². The molecule has 1 N–H and O–H groups in total. The lowest BCUT2D eigenvalue weighted by Gasteiger charge is -2.05. The van der Waals surface area contributed by atoms with Crippen LogP contribution in [0.4, 0.5) is 0 Å². The molecule has 6 heteroatoms. The van der Waals surface area contributed by atoms with Crippen molar-refractivity contribution in [1.29, 1.82) is 0 Å². The van der Waals surface area contributed by atoms with Crippen molar-refractivity contribution in [2.24, 2.45) is 0 Å². The van der Waals surface area contributed by atoms with Gasteiger partial charge in [-0.1, -0.05) is 12.1 Å². The number of aromatic nitrogens is 4. The average Bonchev–Trinajstić information content (AvgIpc) is 3.00. The Balaban J connectivity index is 1.80. The summed E-state index contributed by atoms with van der Waals surface area (Å²) in [6.45, 7) is 8.59. The predicted octanol–water partition coefficient (Wildman–Crippen LogP) is 1.49. The van der Waals surface area contributed by atoms with Crippen molar-refractivity contribution < 1.29 is 4.52 Å². The summed E-state index contributed by atoms with van der Waals surface area (Å²) in [7, 11) is 0. The quantitative estimate of drug-likeness (QED) is 0.766. The second-order valence-corrected chi connectivity index (χ2v) is 4.46. The van der Waals surface area contributed by atoms with Gasteiger partial charge in [-0.2, -0.15) is 10.1 Å². The van der Waals surface area contributed by atoms with Crippen molar-refractivity contribution in [2.75, 3.05) is 6.54 Å². The van der Waals surface area contributed by atoms with Crippen LogP contribution in [-0.2, 0) is 25.9 Å². The van der Waals surface area contributed by atoms with E-state index in [-0.39, 0.29) is 0 Å². The summed E-state index contributed by atoms with van der Waals surface area (Å²) in [5.41, 5.74) is 2.37. The Morgan fingerprint density at radius 2 is 2.21 bits per heavy atom. The molecule has 0 radical (unpaired) electrons. The molecule has 0 aliphatic carbocycles. The molecule has 2 rings (SSSR count). The zero-order valence-corrected chi connectivity index (χ0v) is 11.8. The van der Waals surface area contributed by atoms with E-state index in [2.05, 4.69) is 40.5 Å². The van der Waals surface area contributed by atoms with Gasteiger partial charge in [-0.3, -0.25) is 4.68 Å². The first-order valence-corrected chi connectivity index (χ1v) is 6.78. The third-order valence-electron chi connectivity index (χ3n) is 2.97. The van der Waals surface area contributed by atoms with E-state index in [9.17, 15) is 0 Å². The van der Waals surface area contributed by atoms with E-state index in [1.54, 1.807) is 0 Å². The number of hydrogen-bond donors (Lipinski definition) is 1. The van der Waals surface area contributed by atoms with E-state index in [1.807, 2.05) is 11.6 Å². The highest BCUT2D eigenvalue weighted by Gasteiger charge is 2.06. The Morgan fingerprint density at radius 3 is 2.84 bits per heavy atom. The van der Waals surface area contributed by atoms with Crippen LogP contribution in [0, 0.1) is 6.92 Å². The molecule has 0 spiro atoms. The molecule has 0 unspecified atom stereocenters. The fraction of sp³-hybridized carbons (Fsp3) is 0.615. The highest BCUT2D eigenvalue weighted by Crippen LogP contribution is 2.05. The second-order valence-electron chi connectivity index (χ2n) is 4.46. The molecule has 2 aromatic rings. The third-order valence-corrected chi connectivity index (χ3v) is 2.97. The van der Waals surface area contributed by atoms with E-state index >= 15 is 0 Å². The molecule has 0 fully saturated rings. The van der Waals surface area contributed by atoms with Crippen LogP contribution in [0.25, 0.3) is 0 Å². The first-order chi connectivity index (χ1) is 9.22. The Morgan fingerprint density at radius 1 is 1.37 bits per heavy atom. The van der Waals surface area contributed by atoms with Gasteiger partial charge in [0.1, 0.15) is 0 Å². The molecule has 0 aliphatic rings. The predicted molar refractivity (Wildman–Crippen MR) is 71.7 cm³/mol. The molecule has 2 aromatic heterocycles. The average molecular weight is 263 g/mol. The van der Waals surface area contributed by atoms with E-state index in [4.69, 9.17) is 4.52 Å². The monoisotopic (exact) mass is 263 g/mol. The summed E-state index contributed by atoms with van der Waals surface area (Å²) in [6.07, 6.45) is 1.73. The maximum absolute atomic E-state index is 5.06. The molecule has 0 saturated heterocycles. The maximum Gasteiger partial charge on any atom is 0.227 e. The summed E-state index contributed by atoms with van der Waals surface area (Å²) in [5.74, 6) is 1.37. The SMILES string of the molecule is CCc1cc(CNCCc2nc(C)no2)n(CC)n1. The Kier molecular flexibility index (Phi) is 4.68. The van der Waals surface area contributed by atoms with Gasteiger partial charge in [0.15, 0.2) is 5.82 Å². The van der Waals surface area contributed by atoms with Crippen LogP contribution >= 0.6 is 0 Å². The number of rotatable bonds is 7. The summed E-state index contributed by atoms with van der Waals surface area (Å²) in [4.78, 5) is 4.17. The lowest BCUT2D eigenvalue weighted by atomic mass is 10.3. The van der Waals surface area contributed by atoms with Crippen molar-refractivity contribution in [2.45, 2.75) is 46.7 Å². The van der Waals surface area contributed by atoms with E-state index in [0.29, 0.717) is 11.7 Å². The van der Waals surface area contributed by atoms with Gasteiger partial charge < -0.3 is 9.84 Å². The summed E-state index contributed by atoms with van der Waals surface area (Å²) in [5, 5.41) is 11.7. The smallest absolute Gasteiger partial charge is 0.227 e. The molecule has 0 amide bonds. The molecule has 0 saturated carbocycles. The van der Waals surface area contributed by atoms with Crippen LogP contribution in [0.2, 0.25) is 0 Å². The first-order valence-electron chi connectivity index (χ1n) is 6.78. The Bertz CT molecular complexity index is 517. The fourth-order valence-corrected chi connectivity index (χ4v) is 1.96. The maximum atomic E-state index is 5.06. The molecule has 0 aromatic carbocycles. The van der Waals surface area contributed by atoms with Crippen LogP contribution in [0.1, 0.15) is 37.0 Å². The van der Waals surface area contributed by atoms with Gasteiger partial charge in [0.2, 0.25) is 5.89 Å². The van der Waals surface area contributed by atoms with Crippen molar-refractivity contribution in [3.8, 4) is 0 Å². The molecule has 2 heterocycles. The lowest BCUT2D eigenvalue weighted by molar-refractivity contribution is 0.372. The van der Waals surface area contributed by atoms with Crippen LogP contribution in [0.3, 0.4) is 0 Å². The summed E-state index contributed by atoms with van der Waals surface area (Å²) < 4.78 is 7.11. The van der Waals surface area contributed by atoms with Crippen LogP contribution < -0.4 is 5.32 Å². The fourth-order valence-electron chi connectivity index (χ4n) is 1.96. The summed E-state index contributed by atoms with van der Waals surface area (Å²) in [6, 6.07) is 2.16. The summed E-state index contributed by atoms with van der Waals surface area (Å²) >= 11 is 0. The lowest BCUT2D eigenvalue weighted by Crippen LogP contribution is -2.19. The van der Waals surface area contributed by atoms with Gasteiger partial charge in [-0.25, -0.2) is 0 Å². The minimum atomic E-state index is 0.684. The molecular formula is C13H21N5O. The molecule has 6 nitrogen and oxygen atoms in total. The molecule has 104 valence electrons. The van der Waals surface area contributed by atoms with E-state index in [0.717, 1.165) is 38.2 Å². The number of nitrogens with zero attached hydrogens (tertiary/aromatic N) is 4. The molecule has 19 heavy (non-hydrogen) atoms. The van der Waals surface area contributed by atoms with Crippen molar-refractivity contribution in [3.63, 3.8) is 0 Å². The van der Waals surface area contributed by atoms with Crippen LogP contribution in [0.15, 0.2) is 10.6 Å². The molecule has 0 aliphatic heterocycles. The topological polar surface area (TPSA) is 68.8 Å². The molecule has 0 atom stereocenters. The minimum absolute atomic E-state index is 0.684. The normalized spacial score (nSPS) is 11.1. The standard InChI is InChI=1S/C13H21N5O/c1-4-11-8-12(18(5-2)16-11)9-14-7-6-13-15-10(3)17-19-13/h8,14H,4-7,9H2,1-3H3. The largest absolute Gasteiger partial charge is 0.339 e. The Hall–Kier alpha value is -1.69.